The van der Waals surface area contributed by atoms with Gasteiger partial charge in [0.25, 0.3) is 0 Å². The molecular weight excluding hydrogens is 183 g/mol. The van der Waals surface area contributed by atoms with Crippen molar-refractivity contribution in [3.63, 3.8) is 0 Å². The molecule has 0 radical (unpaired) electrons. The third kappa shape index (κ3) is 2.26. The van der Waals surface area contributed by atoms with Crippen molar-refractivity contribution in [3.05, 3.63) is 23.8 Å². The highest BCUT2D eigenvalue weighted by Gasteiger charge is 2.19. The van der Waals surface area contributed by atoms with E-state index in [1.165, 1.54) is 13.2 Å². The molecule has 0 aliphatic carbocycles. The lowest BCUT2D eigenvalue weighted by Gasteiger charge is -2.12. The second kappa shape index (κ2) is 4.46. The summed E-state index contributed by atoms with van der Waals surface area (Å²) in [5, 5.41) is 27.5. The van der Waals surface area contributed by atoms with E-state index in [0.717, 1.165) is 0 Å². The highest BCUT2D eigenvalue weighted by molar-refractivity contribution is 6.59. The Balaban J connectivity index is 3.17. The minimum Gasteiger partial charge on any atom is -0.497 e. The van der Waals surface area contributed by atoms with Crippen LogP contribution in [0.3, 0.4) is 0 Å². The van der Waals surface area contributed by atoms with Crippen molar-refractivity contribution in [2.24, 2.45) is 0 Å². The molecule has 0 unspecified atom stereocenters. The van der Waals surface area contributed by atoms with E-state index in [0.29, 0.717) is 11.3 Å². The number of rotatable bonds is 3. The number of ether oxygens (including phenoxy) is 1. The Labute approximate surface area is 82.9 Å². The lowest BCUT2D eigenvalue weighted by atomic mass is 9.76. The van der Waals surface area contributed by atoms with Crippen LogP contribution in [0.5, 0.6) is 5.75 Å². The summed E-state index contributed by atoms with van der Waals surface area (Å²) in [6.45, 7) is 1.56. The van der Waals surface area contributed by atoms with Crippen LogP contribution in [0.1, 0.15) is 18.6 Å². The van der Waals surface area contributed by atoms with Crippen molar-refractivity contribution in [1.82, 2.24) is 0 Å². The number of hydrogen-bond acceptors (Lipinski definition) is 4. The second-order valence-corrected chi connectivity index (χ2v) is 3.04. The van der Waals surface area contributed by atoms with Gasteiger partial charge in [-0.05, 0) is 30.1 Å². The molecule has 5 heteroatoms. The van der Waals surface area contributed by atoms with E-state index in [2.05, 4.69) is 0 Å². The van der Waals surface area contributed by atoms with Crippen LogP contribution < -0.4 is 10.2 Å². The molecule has 0 bridgehead atoms. The van der Waals surface area contributed by atoms with Crippen LogP contribution in [0.4, 0.5) is 0 Å². The van der Waals surface area contributed by atoms with Crippen molar-refractivity contribution in [3.8, 4) is 5.75 Å². The molecule has 1 rings (SSSR count). The standard InChI is InChI=1S/C9H13BO4/c1-6(11)8-4-3-7(14-2)5-9(8)10(12)13/h3-6,11-13H,1-2H3/t6-/m0/s1. The van der Waals surface area contributed by atoms with Gasteiger partial charge in [-0.1, -0.05) is 6.07 Å². The molecule has 4 nitrogen and oxygen atoms in total. The molecule has 0 spiro atoms. The minimum atomic E-state index is -1.60. The molecule has 0 aliphatic rings. The first-order chi connectivity index (χ1) is 6.56. The van der Waals surface area contributed by atoms with Crippen molar-refractivity contribution in [2.75, 3.05) is 7.11 Å². The Morgan fingerprint density at radius 1 is 1.36 bits per heavy atom. The summed E-state index contributed by atoms with van der Waals surface area (Å²) < 4.78 is 4.94. The first-order valence-electron chi connectivity index (χ1n) is 4.28. The van der Waals surface area contributed by atoms with Crippen molar-refractivity contribution < 1.29 is 19.9 Å². The van der Waals surface area contributed by atoms with E-state index in [1.54, 1.807) is 19.1 Å². The third-order valence-corrected chi connectivity index (χ3v) is 2.02. The molecule has 0 saturated heterocycles. The molecule has 1 aromatic rings. The quantitative estimate of drug-likeness (QED) is 0.566. The molecule has 0 aliphatic heterocycles. The van der Waals surface area contributed by atoms with Gasteiger partial charge in [0.1, 0.15) is 5.75 Å². The Morgan fingerprint density at radius 2 is 2.00 bits per heavy atom. The Kier molecular flexibility index (Phi) is 3.52. The number of aliphatic hydroxyl groups excluding tert-OH is 1. The van der Waals surface area contributed by atoms with E-state index in [4.69, 9.17) is 14.8 Å². The van der Waals surface area contributed by atoms with Gasteiger partial charge < -0.3 is 19.9 Å². The topological polar surface area (TPSA) is 69.9 Å². The Morgan fingerprint density at radius 3 is 2.43 bits per heavy atom. The first-order valence-corrected chi connectivity index (χ1v) is 4.28. The largest absolute Gasteiger partial charge is 0.497 e. The summed E-state index contributed by atoms with van der Waals surface area (Å²) in [4.78, 5) is 0. The lowest BCUT2D eigenvalue weighted by Crippen LogP contribution is -2.33. The fourth-order valence-electron chi connectivity index (χ4n) is 1.28. The average molecular weight is 196 g/mol. The van der Waals surface area contributed by atoms with Crippen molar-refractivity contribution in [1.29, 1.82) is 0 Å². The van der Waals surface area contributed by atoms with Crippen LogP contribution in [0, 0.1) is 0 Å². The van der Waals surface area contributed by atoms with Gasteiger partial charge in [0.2, 0.25) is 0 Å². The summed E-state index contributed by atoms with van der Waals surface area (Å²) >= 11 is 0. The zero-order chi connectivity index (χ0) is 10.7. The van der Waals surface area contributed by atoms with Crippen LogP contribution in [0.15, 0.2) is 18.2 Å². The molecule has 1 aromatic carbocycles. The van der Waals surface area contributed by atoms with Gasteiger partial charge in [-0.3, -0.25) is 0 Å². The van der Waals surface area contributed by atoms with Gasteiger partial charge in [-0.15, -0.1) is 0 Å². The summed E-state index contributed by atoms with van der Waals surface area (Å²) in [5.74, 6) is 0.525. The fourth-order valence-corrected chi connectivity index (χ4v) is 1.28. The van der Waals surface area contributed by atoms with Gasteiger partial charge in [-0.2, -0.15) is 0 Å². The monoisotopic (exact) mass is 196 g/mol. The van der Waals surface area contributed by atoms with Crippen LogP contribution in [-0.4, -0.2) is 29.4 Å². The molecule has 0 heterocycles. The first kappa shape index (κ1) is 11.0. The summed E-state index contributed by atoms with van der Waals surface area (Å²) in [6, 6.07) is 4.76. The zero-order valence-electron chi connectivity index (χ0n) is 8.14. The molecule has 0 saturated carbocycles. The van der Waals surface area contributed by atoms with Crippen molar-refractivity contribution in [2.45, 2.75) is 13.0 Å². The number of benzene rings is 1. The maximum Gasteiger partial charge on any atom is 0.488 e. The summed E-state index contributed by atoms with van der Waals surface area (Å²) in [6.07, 6.45) is -0.738. The number of hydrogen-bond donors (Lipinski definition) is 3. The Bertz CT molecular complexity index is 312. The van der Waals surface area contributed by atoms with Gasteiger partial charge in [0, 0.05) is 0 Å². The van der Waals surface area contributed by atoms with Crippen LogP contribution in [0.25, 0.3) is 0 Å². The molecule has 0 amide bonds. The van der Waals surface area contributed by atoms with E-state index >= 15 is 0 Å². The van der Waals surface area contributed by atoms with Gasteiger partial charge in [-0.25, -0.2) is 0 Å². The van der Waals surface area contributed by atoms with Crippen LogP contribution in [-0.2, 0) is 0 Å². The summed E-state index contributed by atoms with van der Waals surface area (Å²) in [7, 11) is -0.111. The van der Waals surface area contributed by atoms with E-state index in [9.17, 15) is 5.11 Å². The van der Waals surface area contributed by atoms with E-state index in [-0.39, 0.29) is 5.46 Å². The predicted octanol–water partition coefficient (Wildman–Crippen LogP) is -0.572. The molecule has 0 aromatic heterocycles. The average Bonchev–Trinajstić information content (AvgIpc) is 2.16. The minimum absolute atomic E-state index is 0.263. The molecular formula is C9H13BO4. The molecule has 76 valence electrons. The predicted molar refractivity (Wildman–Crippen MR) is 53.5 cm³/mol. The second-order valence-electron chi connectivity index (χ2n) is 3.04. The van der Waals surface area contributed by atoms with Crippen LogP contribution >= 0.6 is 0 Å². The van der Waals surface area contributed by atoms with Gasteiger partial charge in [0.15, 0.2) is 0 Å². The van der Waals surface area contributed by atoms with Crippen LogP contribution in [0.2, 0.25) is 0 Å². The summed E-state index contributed by atoms with van der Waals surface area (Å²) in [5.41, 5.74) is 0.750. The lowest BCUT2D eigenvalue weighted by molar-refractivity contribution is 0.200. The van der Waals surface area contributed by atoms with E-state index in [1.807, 2.05) is 0 Å². The molecule has 0 fully saturated rings. The van der Waals surface area contributed by atoms with Gasteiger partial charge in [0.05, 0.1) is 13.2 Å². The fraction of sp³-hybridized carbons (Fsp3) is 0.333. The SMILES string of the molecule is COc1ccc([C@H](C)O)c(B(O)O)c1. The molecule has 1 atom stereocenters. The number of methoxy groups -OCH3 is 1. The normalized spacial score (nSPS) is 12.4. The molecule has 3 N–H and O–H groups in total. The zero-order valence-corrected chi connectivity index (χ0v) is 8.14. The van der Waals surface area contributed by atoms with E-state index < -0.39 is 13.2 Å². The highest BCUT2D eigenvalue weighted by atomic mass is 16.5. The number of aliphatic hydroxyl groups is 1. The maximum absolute atomic E-state index is 9.35. The maximum atomic E-state index is 9.35. The smallest absolute Gasteiger partial charge is 0.488 e. The Hall–Kier alpha value is -1.04. The van der Waals surface area contributed by atoms with Crippen molar-refractivity contribution >= 4 is 12.6 Å². The molecule has 14 heavy (non-hydrogen) atoms. The highest BCUT2D eigenvalue weighted by Crippen LogP contribution is 2.15. The third-order valence-electron chi connectivity index (χ3n) is 2.02. The van der Waals surface area contributed by atoms with Gasteiger partial charge >= 0.3 is 7.12 Å².